The number of fused-ring (bicyclic) bond motifs is 1. The number of hydrogen-bond acceptors (Lipinski definition) is 6. The van der Waals surface area contributed by atoms with Gasteiger partial charge in [-0.3, -0.25) is 4.79 Å². The fraction of sp³-hybridized carbons (Fsp3) is 0.440. The molecule has 3 atom stereocenters. The zero-order valence-electron chi connectivity index (χ0n) is 19.9. The van der Waals surface area contributed by atoms with E-state index >= 15 is 0 Å². The van der Waals surface area contributed by atoms with Crippen LogP contribution in [0, 0.1) is 17.8 Å². The van der Waals surface area contributed by atoms with Crippen molar-refractivity contribution in [2.75, 3.05) is 26.7 Å². The summed E-state index contributed by atoms with van der Waals surface area (Å²) in [6.45, 7) is 5.50. The van der Waals surface area contributed by atoms with E-state index in [-0.39, 0.29) is 35.6 Å². The van der Waals surface area contributed by atoms with E-state index < -0.39 is 22.2 Å². The van der Waals surface area contributed by atoms with E-state index in [0.29, 0.717) is 24.2 Å². The summed E-state index contributed by atoms with van der Waals surface area (Å²) in [5.41, 5.74) is 1.17. The molecule has 1 aliphatic heterocycles. The Morgan fingerprint density at radius 2 is 2.09 bits per heavy atom. The molecule has 34 heavy (non-hydrogen) atoms. The number of pyridine rings is 1. The zero-order valence-corrected chi connectivity index (χ0v) is 20.7. The van der Waals surface area contributed by atoms with E-state index in [0.717, 1.165) is 0 Å². The highest BCUT2D eigenvalue weighted by atomic mass is 32.2. The van der Waals surface area contributed by atoms with Gasteiger partial charge in [0, 0.05) is 43.7 Å². The third kappa shape index (κ3) is 5.76. The second-order valence-electron chi connectivity index (χ2n) is 8.49. The molecule has 0 spiro atoms. The molecule has 1 aromatic carbocycles. The first-order valence-corrected chi connectivity index (χ1v) is 12.7. The molecule has 0 unspecified atom stereocenters. The second-order valence-corrected chi connectivity index (χ2v) is 10.4. The van der Waals surface area contributed by atoms with Crippen LogP contribution in [0.5, 0.6) is 5.75 Å². The largest absolute Gasteiger partial charge is 0.487 e. The van der Waals surface area contributed by atoms with E-state index in [1.165, 1.54) is 10.4 Å². The molecule has 1 aromatic heterocycles. The maximum absolute atomic E-state index is 13.5. The van der Waals surface area contributed by atoms with Gasteiger partial charge in [0.05, 0.1) is 13.2 Å². The van der Waals surface area contributed by atoms with Gasteiger partial charge in [0.15, 0.2) is 0 Å². The fourth-order valence-corrected chi connectivity index (χ4v) is 5.56. The van der Waals surface area contributed by atoms with E-state index in [9.17, 15) is 18.3 Å². The van der Waals surface area contributed by atoms with Crippen LogP contribution in [0.1, 0.15) is 38.4 Å². The third-order valence-corrected chi connectivity index (χ3v) is 7.87. The summed E-state index contributed by atoms with van der Waals surface area (Å²) in [6.07, 6.45) is 1.56. The van der Waals surface area contributed by atoms with Crippen molar-refractivity contribution in [3.63, 3.8) is 0 Å². The van der Waals surface area contributed by atoms with Crippen molar-refractivity contribution in [2.24, 2.45) is 5.92 Å². The first kappa shape index (κ1) is 25.7. The predicted octanol–water partition coefficient (Wildman–Crippen LogP) is 2.12. The van der Waals surface area contributed by atoms with E-state index in [1.807, 2.05) is 13.0 Å². The Bertz CT molecular complexity index is 1170. The minimum absolute atomic E-state index is 0.0116. The Labute approximate surface area is 201 Å². The van der Waals surface area contributed by atoms with Crippen molar-refractivity contribution >= 4 is 15.9 Å². The molecule has 0 saturated carbocycles. The van der Waals surface area contributed by atoms with Gasteiger partial charge in [0.25, 0.3) is 0 Å². The molecule has 2 aromatic rings. The summed E-state index contributed by atoms with van der Waals surface area (Å²) in [4.78, 5) is 18.0. The van der Waals surface area contributed by atoms with Gasteiger partial charge in [0.1, 0.15) is 22.4 Å². The number of carbonyl (C=O) groups is 1. The first-order valence-electron chi connectivity index (χ1n) is 11.3. The lowest BCUT2D eigenvalue weighted by Gasteiger charge is -2.37. The van der Waals surface area contributed by atoms with Gasteiger partial charge in [-0.05, 0) is 43.2 Å². The number of aliphatic hydroxyl groups is 1. The van der Waals surface area contributed by atoms with Crippen LogP contribution in [0.3, 0.4) is 0 Å². The highest BCUT2D eigenvalue weighted by molar-refractivity contribution is 7.89. The summed E-state index contributed by atoms with van der Waals surface area (Å²) in [7, 11) is -2.23. The van der Waals surface area contributed by atoms with Crippen LogP contribution in [0.15, 0.2) is 47.5 Å². The molecule has 0 saturated heterocycles. The number of carbonyl (C=O) groups excluding carboxylic acids is 1. The lowest BCUT2D eigenvalue weighted by Crippen LogP contribution is -2.50. The number of aromatic nitrogens is 1. The molecule has 0 radical (unpaired) electrons. The SMILES string of the molecule is CCC(=O)N(C)C[C@@H]1Oc2cc(C#Cc3ccccn3)ccc2S(=O)(=O)N([C@H](C)CO)C[C@H]1C. The topological polar surface area (TPSA) is 100 Å². The number of hydrogen-bond donors (Lipinski definition) is 1. The van der Waals surface area contributed by atoms with Gasteiger partial charge in [-0.25, -0.2) is 13.4 Å². The molecule has 1 N–H and O–H groups in total. The van der Waals surface area contributed by atoms with Gasteiger partial charge in [-0.15, -0.1) is 0 Å². The predicted molar refractivity (Wildman–Crippen MR) is 129 cm³/mol. The van der Waals surface area contributed by atoms with E-state index in [2.05, 4.69) is 16.8 Å². The molecule has 1 aliphatic rings. The molecule has 3 rings (SSSR count). The molecule has 0 fully saturated rings. The van der Waals surface area contributed by atoms with Crippen LogP contribution < -0.4 is 4.74 Å². The highest BCUT2D eigenvalue weighted by Crippen LogP contribution is 2.34. The Morgan fingerprint density at radius 1 is 1.32 bits per heavy atom. The standard InChI is InChI=1S/C25H31N3O5S/c1-5-25(30)27(4)16-23-18(2)15-28(19(3)17-29)34(31,32)24-12-10-20(14-22(24)33-23)9-11-21-8-6-7-13-26-21/h6-8,10,12-14,18-19,23,29H,5,15-17H2,1-4H3/t18-,19-,23+/m1/s1. The number of benzene rings is 1. The Hall–Kier alpha value is -2.93. The van der Waals surface area contributed by atoms with Crippen molar-refractivity contribution in [3.05, 3.63) is 53.9 Å². The molecule has 9 heteroatoms. The average molecular weight is 486 g/mol. The molecule has 8 nitrogen and oxygen atoms in total. The molecule has 0 aliphatic carbocycles. The smallest absolute Gasteiger partial charge is 0.247 e. The quantitative estimate of drug-likeness (QED) is 0.652. The van der Waals surface area contributed by atoms with Crippen LogP contribution >= 0.6 is 0 Å². The zero-order chi connectivity index (χ0) is 24.9. The number of nitrogens with zero attached hydrogens (tertiary/aromatic N) is 3. The summed E-state index contributed by atoms with van der Waals surface area (Å²) >= 11 is 0. The lowest BCUT2D eigenvalue weighted by molar-refractivity contribution is -0.131. The second kappa shape index (κ2) is 11.0. The maximum atomic E-state index is 13.5. The Kier molecular flexibility index (Phi) is 8.31. The number of aliphatic hydroxyl groups excluding tert-OH is 1. The fourth-order valence-electron chi connectivity index (χ4n) is 3.74. The van der Waals surface area contributed by atoms with E-state index in [1.54, 1.807) is 56.3 Å². The van der Waals surface area contributed by atoms with Crippen LogP contribution in [0.4, 0.5) is 0 Å². The Balaban J connectivity index is 2.06. The average Bonchev–Trinajstić information content (AvgIpc) is 2.84. The van der Waals surface area contributed by atoms with Crippen molar-refractivity contribution in [3.8, 4) is 17.6 Å². The third-order valence-electron chi connectivity index (χ3n) is 5.85. The van der Waals surface area contributed by atoms with Gasteiger partial charge in [-0.1, -0.05) is 25.8 Å². The molecular weight excluding hydrogens is 454 g/mol. The maximum Gasteiger partial charge on any atom is 0.247 e. The molecule has 2 heterocycles. The number of ether oxygens (including phenoxy) is 1. The van der Waals surface area contributed by atoms with Crippen molar-refractivity contribution < 1.29 is 23.1 Å². The normalized spacial score (nSPS) is 20.5. The summed E-state index contributed by atoms with van der Waals surface area (Å²) in [5.74, 6) is 5.88. The molecule has 1 amide bonds. The van der Waals surface area contributed by atoms with Crippen LogP contribution in [0.2, 0.25) is 0 Å². The number of rotatable bonds is 5. The van der Waals surface area contributed by atoms with E-state index in [4.69, 9.17) is 4.74 Å². The van der Waals surface area contributed by atoms with Gasteiger partial charge >= 0.3 is 0 Å². The first-order chi connectivity index (χ1) is 16.2. The van der Waals surface area contributed by atoms with Gasteiger partial charge in [0.2, 0.25) is 15.9 Å². The van der Waals surface area contributed by atoms with Crippen LogP contribution in [0.25, 0.3) is 0 Å². The summed E-state index contributed by atoms with van der Waals surface area (Å²) < 4.78 is 34.6. The lowest BCUT2D eigenvalue weighted by atomic mass is 10.0. The number of amides is 1. The van der Waals surface area contributed by atoms with Crippen LogP contribution in [-0.4, -0.2) is 72.5 Å². The molecular formula is C25H31N3O5S. The van der Waals surface area contributed by atoms with Gasteiger partial charge < -0.3 is 14.7 Å². The van der Waals surface area contributed by atoms with Gasteiger partial charge in [-0.2, -0.15) is 4.31 Å². The van der Waals surface area contributed by atoms with Crippen molar-refractivity contribution in [1.82, 2.24) is 14.2 Å². The van der Waals surface area contributed by atoms with Crippen molar-refractivity contribution in [2.45, 2.75) is 44.2 Å². The summed E-state index contributed by atoms with van der Waals surface area (Å²) in [6, 6.07) is 9.53. The number of sulfonamides is 1. The molecule has 182 valence electrons. The highest BCUT2D eigenvalue weighted by Gasteiger charge is 2.38. The molecule has 0 bridgehead atoms. The monoisotopic (exact) mass is 485 g/mol. The number of likely N-dealkylation sites (N-methyl/N-ethyl adjacent to an activating group) is 1. The minimum atomic E-state index is -3.94. The Morgan fingerprint density at radius 3 is 2.74 bits per heavy atom. The summed E-state index contributed by atoms with van der Waals surface area (Å²) in [5, 5.41) is 9.74. The van der Waals surface area contributed by atoms with Crippen LogP contribution in [-0.2, 0) is 14.8 Å². The van der Waals surface area contributed by atoms with Crippen molar-refractivity contribution in [1.29, 1.82) is 0 Å². The minimum Gasteiger partial charge on any atom is -0.487 e.